The minimum absolute atomic E-state index is 0.146. The van der Waals surface area contributed by atoms with Crippen molar-refractivity contribution in [3.8, 4) is 11.6 Å². The molecule has 0 aliphatic rings. The van der Waals surface area contributed by atoms with Crippen LogP contribution in [0.2, 0.25) is 0 Å². The summed E-state index contributed by atoms with van der Waals surface area (Å²) in [5, 5.41) is 8.61. The van der Waals surface area contributed by atoms with Gasteiger partial charge < -0.3 is 9.47 Å². The highest BCUT2D eigenvalue weighted by atomic mass is 127. The summed E-state index contributed by atoms with van der Waals surface area (Å²) < 4.78 is 15.0. The second-order valence-corrected chi connectivity index (χ2v) is 6.70. The van der Waals surface area contributed by atoms with Gasteiger partial charge in [0.25, 0.3) is 0 Å². The maximum absolute atomic E-state index is 12.9. The number of methoxy groups -OCH3 is 1. The van der Waals surface area contributed by atoms with Crippen LogP contribution in [0.15, 0.2) is 36.7 Å². The first-order valence-corrected chi connectivity index (χ1v) is 9.16. The lowest BCUT2D eigenvalue weighted by atomic mass is 10.1. The van der Waals surface area contributed by atoms with Gasteiger partial charge in [0.05, 0.1) is 12.7 Å². The van der Waals surface area contributed by atoms with Gasteiger partial charge in [-0.3, -0.25) is 14.2 Å². The molecule has 0 fully saturated rings. The zero-order valence-corrected chi connectivity index (χ0v) is 16.9. The van der Waals surface area contributed by atoms with Gasteiger partial charge in [-0.05, 0) is 47.2 Å². The summed E-state index contributed by atoms with van der Waals surface area (Å²) in [6.45, 7) is 2.92. The number of rotatable bonds is 7. The Morgan fingerprint density at radius 1 is 1.15 bits per heavy atom. The minimum Gasteiger partial charge on any atom is -0.497 e. The lowest BCUT2D eigenvalue weighted by Crippen LogP contribution is -2.05. The highest BCUT2D eigenvalue weighted by Gasteiger charge is 2.23. The first-order chi connectivity index (χ1) is 12.5. The van der Waals surface area contributed by atoms with E-state index in [0.29, 0.717) is 33.9 Å². The van der Waals surface area contributed by atoms with Crippen molar-refractivity contribution in [2.24, 2.45) is 7.05 Å². The maximum Gasteiger partial charge on any atom is 0.244 e. The number of nitrogens with zero attached hydrogens (tertiary/aromatic N) is 4. The molecule has 0 atom stereocenters. The Morgan fingerprint density at radius 3 is 2.46 bits per heavy atom. The van der Waals surface area contributed by atoms with Crippen LogP contribution in [-0.2, 0) is 20.2 Å². The molecule has 0 unspecified atom stereocenters. The monoisotopic (exact) mass is 466 g/mol. The maximum atomic E-state index is 12.9. The molecule has 136 valence electrons. The molecule has 0 saturated heterocycles. The van der Waals surface area contributed by atoms with E-state index in [1.165, 1.54) is 0 Å². The average Bonchev–Trinajstić information content (AvgIpc) is 3.22. The van der Waals surface area contributed by atoms with Crippen molar-refractivity contribution in [1.29, 1.82) is 0 Å². The molecule has 3 aromatic rings. The van der Waals surface area contributed by atoms with Gasteiger partial charge in [-0.2, -0.15) is 5.10 Å². The number of benzene rings is 1. The van der Waals surface area contributed by atoms with Gasteiger partial charge in [-0.15, -0.1) is 5.10 Å². The molecular weight excluding hydrogens is 447 g/mol. The molecule has 0 bridgehead atoms. The Kier molecular flexibility index (Phi) is 5.60. The van der Waals surface area contributed by atoms with E-state index >= 15 is 0 Å². The fourth-order valence-electron chi connectivity index (χ4n) is 2.46. The molecule has 0 aliphatic carbocycles. The number of aromatic nitrogens is 4. The molecule has 0 aliphatic heterocycles. The average molecular weight is 466 g/mol. The third kappa shape index (κ3) is 3.90. The van der Waals surface area contributed by atoms with Crippen LogP contribution in [-0.4, -0.2) is 32.5 Å². The summed E-state index contributed by atoms with van der Waals surface area (Å²) in [6, 6.07) is 7.57. The summed E-state index contributed by atoms with van der Waals surface area (Å²) in [7, 11) is 3.41. The highest BCUT2D eigenvalue weighted by Crippen LogP contribution is 2.23. The Hall–Kier alpha value is -2.36. The molecule has 0 amide bonds. The fraction of sp³-hybridized carbons (Fsp3) is 0.278. The van der Waals surface area contributed by atoms with Gasteiger partial charge in [-0.1, -0.05) is 12.1 Å². The summed E-state index contributed by atoms with van der Waals surface area (Å²) in [5.41, 5.74) is 1.94. The Bertz CT molecular complexity index is 915. The van der Waals surface area contributed by atoms with Crippen molar-refractivity contribution in [2.45, 2.75) is 20.1 Å². The van der Waals surface area contributed by atoms with Crippen LogP contribution in [0.5, 0.6) is 11.6 Å². The highest BCUT2D eigenvalue weighted by molar-refractivity contribution is 14.1. The van der Waals surface area contributed by atoms with E-state index in [4.69, 9.17) is 9.47 Å². The van der Waals surface area contributed by atoms with Crippen molar-refractivity contribution in [3.05, 3.63) is 57.1 Å². The van der Waals surface area contributed by atoms with E-state index in [1.807, 2.05) is 31.2 Å². The lowest BCUT2D eigenvalue weighted by molar-refractivity contribution is 0.103. The predicted molar refractivity (Wildman–Crippen MR) is 105 cm³/mol. The summed E-state index contributed by atoms with van der Waals surface area (Å²) in [4.78, 5) is 12.9. The van der Waals surface area contributed by atoms with Crippen molar-refractivity contribution in [1.82, 2.24) is 19.6 Å². The number of hydrogen-bond donors (Lipinski definition) is 0. The molecule has 26 heavy (non-hydrogen) atoms. The second kappa shape index (κ2) is 7.90. The third-order valence-electron chi connectivity index (χ3n) is 3.86. The standard InChI is InChI=1S/C18H19IN4O3/c1-4-23-10-15(16(24)14-9-22(2)20-17(14)19)18(21-23)26-11-12-5-7-13(25-3)8-6-12/h5-10H,4,11H2,1-3H3. The van der Waals surface area contributed by atoms with Gasteiger partial charge in [0.15, 0.2) is 0 Å². The van der Waals surface area contributed by atoms with E-state index in [9.17, 15) is 4.79 Å². The predicted octanol–water partition coefficient (Wildman–Crippen LogP) is 3.06. The molecule has 8 heteroatoms. The SMILES string of the molecule is CCn1cc(C(=O)c2cn(C)nc2I)c(OCc2ccc(OC)cc2)n1. The van der Waals surface area contributed by atoms with E-state index in [-0.39, 0.29) is 5.78 Å². The van der Waals surface area contributed by atoms with Gasteiger partial charge in [-0.25, -0.2) is 0 Å². The Morgan fingerprint density at radius 2 is 1.88 bits per heavy atom. The molecule has 2 aromatic heterocycles. The zero-order valence-electron chi connectivity index (χ0n) is 14.8. The van der Waals surface area contributed by atoms with Gasteiger partial charge in [0, 0.05) is 26.0 Å². The van der Waals surface area contributed by atoms with Crippen LogP contribution in [0, 0.1) is 3.70 Å². The number of hydrogen-bond acceptors (Lipinski definition) is 5. The summed E-state index contributed by atoms with van der Waals surface area (Å²) >= 11 is 2.06. The van der Waals surface area contributed by atoms with Gasteiger partial charge in [0.1, 0.15) is 21.6 Å². The normalized spacial score (nSPS) is 10.8. The van der Waals surface area contributed by atoms with Crippen LogP contribution in [0.4, 0.5) is 0 Å². The zero-order chi connectivity index (χ0) is 18.7. The van der Waals surface area contributed by atoms with Crippen LogP contribution >= 0.6 is 22.6 Å². The molecule has 7 nitrogen and oxygen atoms in total. The number of halogens is 1. The molecule has 0 saturated carbocycles. The Balaban J connectivity index is 1.83. The van der Waals surface area contributed by atoms with E-state index in [0.717, 1.165) is 11.3 Å². The van der Waals surface area contributed by atoms with Gasteiger partial charge in [0.2, 0.25) is 11.7 Å². The number of carbonyl (C=O) groups excluding carboxylic acids is 1. The second-order valence-electron chi connectivity index (χ2n) is 5.68. The number of carbonyl (C=O) groups is 1. The number of ketones is 1. The molecular formula is C18H19IN4O3. The third-order valence-corrected chi connectivity index (χ3v) is 4.66. The van der Waals surface area contributed by atoms with E-state index < -0.39 is 0 Å². The van der Waals surface area contributed by atoms with Crippen molar-refractivity contribution in [3.63, 3.8) is 0 Å². The first-order valence-electron chi connectivity index (χ1n) is 8.08. The minimum atomic E-state index is -0.146. The molecule has 1 aromatic carbocycles. The molecule has 3 rings (SSSR count). The largest absolute Gasteiger partial charge is 0.497 e. The van der Waals surface area contributed by atoms with Gasteiger partial charge >= 0.3 is 0 Å². The van der Waals surface area contributed by atoms with E-state index in [1.54, 1.807) is 35.9 Å². The van der Waals surface area contributed by atoms with E-state index in [2.05, 4.69) is 32.8 Å². The molecule has 0 radical (unpaired) electrons. The smallest absolute Gasteiger partial charge is 0.244 e. The van der Waals surface area contributed by atoms with Crippen molar-refractivity contribution < 1.29 is 14.3 Å². The van der Waals surface area contributed by atoms with Crippen LogP contribution in [0.1, 0.15) is 28.4 Å². The quantitative estimate of drug-likeness (QED) is 0.396. The summed E-state index contributed by atoms with van der Waals surface area (Å²) in [6.07, 6.45) is 3.43. The molecule has 0 N–H and O–H groups in total. The molecule has 0 spiro atoms. The summed E-state index contributed by atoms with van der Waals surface area (Å²) in [5.74, 6) is 0.963. The Labute approximate surface area is 165 Å². The fourth-order valence-corrected chi connectivity index (χ4v) is 3.18. The number of ether oxygens (including phenoxy) is 2. The van der Waals surface area contributed by atoms with Crippen LogP contribution < -0.4 is 9.47 Å². The topological polar surface area (TPSA) is 71.2 Å². The molecule has 2 heterocycles. The first kappa shape index (κ1) is 18.4. The lowest BCUT2D eigenvalue weighted by Gasteiger charge is -2.06. The van der Waals surface area contributed by atoms with Crippen molar-refractivity contribution in [2.75, 3.05) is 7.11 Å². The van der Waals surface area contributed by atoms with Crippen molar-refractivity contribution >= 4 is 28.4 Å². The van der Waals surface area contributed by atoms with Crippen LogP contribution in [0.25, 0.3) is 0 Å². The number of aryl methyl sites for hydroxylation is 2. The van der Waals surface area contributed by atoms with Crippen LogP contribution in [0.3, 0.4) is 0 Å².